The van der Waals surface area contributed by atoms with Gasteiger partial charge in [0.15, 0.2) is 0 Å². The van der Waals surface area contributed by atoms with Crippen molar-refractivity contribution in [2.75, 3.05) is 13.7 Å². The van der Waals surface area contributed by atoms with Crippen molar-refractivity contribution in [3.63, 3.8) is 0 Å². The Balaban J connectivity index is 2.26. The summed E-state index contributed by atoms with van der Waals surface area (Å²) < 4.78 is 0. The molecule has 1 atom stereocenters. The number of nitrogens with zero attached hydrogens (tertiary/aromatic N) is 1. The molecule has 1 aromatic carbocycles. The normalized spacial score (nSPS) is 22.9. The van der Waals surface area contributed by atoms with Gasteiger partial charge >= 0.3 is 0 Å². The molecule has 0 aromatic heterocycles. The Morgan fingerprint density at radius 3 is 2.93 bits per heavy atom. The summed E-state index contributed by atoms with van der Waals surface area (Å²) >= 11 is 6.14. The molecule has 1 saturated heterocycles. The van der Waals surface area contributed by atoms with E-state index < -0.39 is 0 Å². The van der Waals surface area contributed by atoms with E-state index >= 15 is 0 Å². The highest BCUT2D eigenvalue weighted by Crippen LogP contribution is 2.35. The number of rotatable bonds is 2. The fourth-order valence-corrected chi connectivity index (χ4v) is 2.28. The van der Waals surface area contributed by atoms with Crippen molar-refractivity contribution in [1.29, 1.82) is 0 Å². The third kappa shape index (κ3) is 1.78. The molecular weight excluding hydrogens is 198 g/mol. The van der Waals surface area contributed by atoms with E-state index in [-0.39, 0.29) is 0 Å². The Labute approximate surface area is 89.4 Å². The molecule has 0 aliphatic carbocycles. The lowest BCUT2D eigenvalue weighted by atomic mass is 10.1. The lowest BCUT2D eigenvalue weighted by molar-refractivity contribution is -0.142. The van der Waals surface area contributed by atoms with Crippen LogP contribution in [-0.2, 0) is 4.84 Å². The molecule has 14 heavy (non-hydrogen) atoms. The van der Waals surface area contributed by atoms with Gasteiger partial charge in [0.25, 0.3) is 0 Å². The quantitative estimate of drug-likeness (QED) is 0.746. The summed E-state index contributed by atoms with van der Waals surface area (Å²) in [5.41, 5.74) is 1.17. The predicted octanol–water partition coefficient (Wildman–Crippen LogP) is 3.04. The van der Waals surface area contributed by atoms with Crippen LogP contribution in [0, 0.1) is 0 Å². The van der Waals surface area contributed by atoms with E-state index in [9.17, 15) is 0 Å². The Morgan fingerprint density at radius 2 is 2.21 bits per heavy atom. The summed E-state index contributed by atoms with van der Waals surface area (Å²) in [5, 5.41) is 2.84. The van der Waals surface area contributed by atoms with Gasteiger partial charge in [0.1, 0.15) is 0 Å². The number of hydrogen-bond acceptors (Lipinski definition) is 2. The summed E-state index contributed by atoms with van der Waals surface area (Å²) in [5.74, 6) is 0. The van der Waals surface area contributed by atoms with E-state index in [1.165, 1.54) is 12.0 Å². The van der Waals surface area contributed by atoms with Gasteiger partial charge in [-0.2, -0.15) is 5.06 Å². The minimum absolute atomic E-state index is 0.327. The van der Waals surface area contributed by atoms with Gasteiger partial charge in [0.2, 0.25) is 0 Å². The maximum atomic E-state index is 6.14. The summed E-state index contributed by atoms with van der Waals surface area (Å²) in [6.07, 6.45) is 2.29. The minimum Gasteiger partial charge on any atom is -0.302 e. The molecular formula is C11H14ClNO. The average Bonchev–Trinajstić information content (AvgIpc) is 2.66. The van der Waals surface area contributed by atoms with Crippen molar-refractivity contribution in [3.8, 4) is 0 Å². The standard InChI is InChI=1S/C11H14ClNO/c1-14-13-8-4-7-11(13)9-5-2-3-6-10(9)12/h2-3,5-6,11H,4,7-8H2,1H3. The highest BCUT2D eigenvalue weighted by Gasteiger charge is 2.27. The van der Waals surface area contributed by atoms with Crippen LogP contribution in [0.25, 0.3) is 0 Å². The van der Waals surface area contributed by atoms with Gasteiger partial charge in [-0.15, -0.1) is 0 Å². The summed E-state index contributed by atoms with van der Waals surface area (Å²) in [6.45, 7) is 0.992. The highest BCUT2D eigenvalue weighted by molar-refractivity contribution is 6.31. The molecule has 1 heterocycles. The molecule has 0 radical (unpaired) electrons. The molecule has 1 aromatic rings. The van der Waals surface area contributed by atoms with Crippen LogP contribution in [0.15, 0.2) is 24.3 Å². The largest absolute Gasteiger partial charge is 0.302 e. The summed E-state index contributed by atoms with van der Waals surface area (Å²) in [4.78, 5) is 5.31. The molecule has 1 aliphatic heterocycles. The third-order valence-electron chi connectivity index (χ3n) is 2.70. The maximum absolute atomic E-state index is 6.14. The van der Waals surface area contributed by atoms with Gasteiger partial charge in [-0.3, -0.25) is 0 Å². The van der Waals surface area contributed by atoms with Crippen molar-refractivity contribution < 1.29 is 4.84 Å². The summed E-state index contributed by atoms with van der Waals surface area (Å²) in [7, 11) is 1.72. The van der Waals surface area contributed by atoms with Crippen molar-refractivity contribution >= 4 is 11.6 Å². The molecule has 0 N–H and O–H groups in total. The molecule has 1 unspecified atom stereocenters. The Morgan fingerprint density at radius 1 is 1.43 bits per heavy atom. The van der Waals surface area contributed by atoms with Gasteiger partial charge in [-0.25, -0.2) is 0 Å². The molecule has 0 bridgehead atoms. The first kappa shape index (κ1) is 9.97. The SMILES string of the molecule is CON1CCCC1c1ccccc1Cl. The Hall–Kier alpha value is -0.570. The predicted molar refractivity (Wildman–Crippen MR) is 57.1 cm³/mol. The first-order valence-electron chi connectivity index (χ1n) is 4.88. The van der Waals surface area contributed by atoms with Crippen molar-refractivity contribution in [1.82, 2.24) is 5.06 Å². The molecule has 2 nitrogen and oxygen atoms in total. The highest BCUT2D eigenvalue weighted by atomic mass is 35.5. The van der Waals surface area contributed by atoms with Crippen LogP contribution >= 0.6 is 11.6 Å². The second kappa shape index (κ2) is 4.30. The topological polar surface area (TPSA) is 12.5 Å². The molecule has 1 aliphatic rings. The van der Waals surface area contributed by atoms with Gasteiger partial charge in [-0.05, 0) is 24.5 Å². The number of hydrogen-bond donors (Lipinski definition) is 0. The maximum Gasteiger partial charge on any atom is 0.0616 e. The van der Waals surface area contributed by atoms with E-state index in [1.807, 2.05) is 23.3 Å². The number of benzene rings is 1. The van der Waals surface area contributed by atoms with Crippen LogP contribution in [0.3, 0.4) is 0 Å². The van der Waals surface area contributed by atoms with Crippen molar-refractivity contribution in [2.24, 2.45) is 0 Å². The number of hydroxylamine groups is 2. The average molecular weight is 212 g/mol. The van der Waals surface area contributed by atoms with E-state index in [0.717, 1.165) is 18.0 Å². The van der Waals surface area contributed by atoms with E-state index in [4.69, 9.17) is 16.4 Å². The second-order valence-electron chi connectivity index (χ2n) is 3.50. The zero-order valence-electron chi connectivity index (χ0n) is 8.24. The second-order valence-corrected chi connectivity index (χ2v) is 3.91. The van der Waals surface area contributed by atoms with Gasteiger partial charge < -0.3 is 4.84 Å². The fourth-order valence-electron chi connectivity index (χ4n) is 2.01. The van der Waals surface area contributed by atoms with Crippen molar-refractivity contribution in [3.05, 3.63) is 34.9 Å². The van der Waals surface area contributed by atoms with Crippen LogP contribution in [0.1, 0.15) is 24.4 Å². The number of halogens is 1. The smallest absolute Gasteiger partial charge is 0.0616 e. The zero-order chi connectivity index (χ0) is 9.97. The Kier molecular flexibility index (Phi) is 3.06. The van der Waals surface area contributed by atoms with Crippen molar-refractivity contribution in [2.45, 2.75) is 18.9 Å². The van der Waals surface area contributed by atoms with Gasteiger partial charge in [-0.1, -0.05) is 29.8 Å². The fraction of sp³-hybridized carbons (Fsp3) is 0.455. The van der Waals surface area contributed by atoms with Crippen LogP contribution < -0.4 is 0 Å². The van der Waals surface area contributed by atoms with E-state index in [0.29, 0.717) is 6.04 Å². The molecule has 0 amide bonds. The Bertz CT molecular complexity index is 316. The third-order valence-corrected chi connectivity index (χ3v) is 3.05. The van der Waals surface area contributed by atoms with Crippen LogP contribution in [0.4, 0.5) is 0 Å². The summed E-state index contributed by atoms with van der Waals surface area (Å²) in [6, 6.07) is 8.31. The molecule has 3 heteroatoms. The van der Waals surface area contributed by atoms with Gasteiger partial charge in [0.05, 0.1) is 13.2 Å². The monoisotopic (exact) mass is 211 g/mol. The van der Waals surface area contributed by atoms with Crippen LogP contribution in [0.5, 0.6) is 0 Å². The molecule has 76 valence electrons. The molecule has 1 fully saturated rings. The first-order chi connectivity index (χ1) is 6.83. The zero-order valence-corrected chi connectivity index (χ0v) is 9.00. The van der Waals surface area contributed by atoms with Crippen LogP contribution in [0.2, 0.25) is 5.02 Å². The first-order valence-corrected chi connectivity index (χ1v) is 5.26. The van der Waals surface area contributed by atoms with Crippen LogP contribution in [-0.4, -0.2) is 18.7 Å². The molecule has 0 saturated carbocycles. The molecule has 0 spiro atoms. The lowest BCUT2D eigenvalue weighted by Crippen LogP contribution is -2.21. The lowest BCUT2D eigenvalue weighted by Gasteiger charge is -2.22. The van der Waals surface area contributed by atoms with E-state index in [1.54, 1.807) is 7.11 Å². The van der Waals surface area contributed by atoms with Gasteiger partial charge in [0, 0.05) is 11.6 Å². The van der Waals surface area contributed by atoms with E-state index in [2.05, 4.69) is 6.07 Å². The molecule has 2 rings (SSSR count). The minimum atomic E-state index is 0.327.